The Hall–Kier alpha value is -4.26. The van der Waals surface area contributed by atoms with Crippen molar-refractivity contribution in [3.8, 4) is 17.6 Å². The summed E-state index contributed by atoms with van der Waals surface area (Å²) in [6.07, 6.45) is -0.126. The molecule has 1 amide bonds. The molecular weight excluding hydrogens is 420 g/mol. The number of aromatic nitrogens is 3. The molecule has 32 heavy (non-hydrogen) atoms. The van der Waals surface area contributed by atoms with Gasteiger partial charge in [0.1, 0.15) is 11.5 Å². The number of nitrogen functional groups attached to an aromatic ring is 1. The highest BCUT2D eigenvalue weighted by Crippen LogP contribution is 2.24. The summed E-state index contributed by atoms with van der Waals surface area (Å²) in [5.74, 6) is 3.66. The van der Waals surface area contributed by atoms with Crippen molar-refractivity contribution >= 4 is 11.7 Å². The Morgan fingerprint density at radius 3 is 2.47 bits per heavy atom. The van der Waals surface area contributed by atoms with Gasteiger partial charge in [-0.3, -0.25) is 9.59 Å². The number of nitrogens with zero attached hydrogens (tertiary/aromatic N) is 2. The van der Waals surface area contributed by atoms with Gasteiger partial charge in [-0.2, -0.15) is 0 Å². The lowest BCUT2D eigenvalue weighted by atomic mass is 9.94. The molecule has 3 rings (SSSR count). The van der Waals surface area contributed by atoms with Gasteiger partial charge in [-0.05, 0) is 36.2 Å². The van der Waals surface area contributed by atoms with Gasteiger partial charge in [0.2, 0.25) is 11.7 Å². The second-order valence-electron chi connectivity index (χ2n) is 6.78. The molecule has 0 aliphatic carbocycles. The van der Waals surface area contributed by atoms with Crippen molar-refractivity contribution in [2.75, 3.05) is 12.3 Å². The number of H-pyrrole nitrogens is 1. The van der Waals surface area contributed by atoms with E-state index in [0.29, 0.717) is 22.5 Å². The number of aromatic amines is 1. The Kier molecular flexibility index (Phi) is 7.13. The van der Waals surface area contributed by atoms with E-state index in [4.69, 9.17) is 5.73 Å². The summed E-state index contributed by atoms with van der Waals surface area (Å²) in [5.41, 5.74) is 6.56. The zero-order chi connectivity index (χ0) is 23.1. The summed E-state index contributed by atoms with van der Waals surface area (Å²) in [6.45, 7) is -0.853. The average Bonchev–Trinajstić information content (AvgIpc) is 2.78. The van der Waals surface area contributed by atoms with Crippen molar-refractivity contribution in [1.29, 1.82) is 0 Å². The van der Waals surface area contributed by atoms with Crippen molar-refractivity contribution in [2.24, 2.45) is 0 Å². The molecule has 0 radical (unpaired) electrons. The third-order valence-corrected chi connectivity index (χ3v) is 4.47. The van der Waals surface area contributed by atoms with Gasteiger partial charge in [0.05, 0.1) is 18.8 Å². The van der Waals surface area contributed by atoms with Crippen LogP contribution in [-0.4, -0.2) is 38.9 Å². The molecule has 0 saturated carbocycles. The van der Waals surface area contributed by atoms with Gasteiger partial charge in [-0.15, -0.1) is 0 Å². The van der Waals surface area contributed by atoms with Gasteiger partial charge in [-0.25, -0.2) is 18.7 Å². The van der Waals surface area contributed by atoms with Gasteiger partial charge in [0.25, 0.3) is 12.0 Å². The van der Waals surface area contributed by atoms with Gasteiger partial charge < -0.3 is 21.1 Å². The van der Waals surface area contributed by atoms with E-state index in [1.807, 2.05) is 0 Å². The maximum Gasteiger partial charge on any atom is 0.293 e. The molecule has 1 unspecified atom stereocenters. The maximum absolute atomic E-state index is 12.5. The number of nitrogens with one attached hydrogen (secondary N) is 2. The number of rotatable bonds is 6. The van der Waals surface area contributed by atoms with Crippen LogP contribution in [0.1, 0.15) is 28.3 Å². The minimum Gasteiger partial charge on any atom is -0.502 e. The quantitative estimate of drug-likeness (QED) is 0.431. The Morgan fingerprint density at radius 1 is 1.12 bits per heavy atom. The van der Waals surface area contributed by atoms with Crippen LogP contribution in [0.2, 0.25) is 0 Å². The standard InChI is InChI=1S/C22H19F2N5O3/c23-17(24)11-27-21(31)16(19-20(30)22(32)29-12-28-19)9-14-4-1-13(2-5-14)3-6-15-7-8-18(25)26-10-15/h1-2,4-5,7-8,10,12,16-17,30H,9,11H2,(H2,25,26)(H,27,31)(H,28,29,32). The monoisotopic (exact) mass is 439 g/mol. The third kappa shape index (κ3) is 5.89. The molecule has 2 aromatic heterocycles. The zero-order valence-electron chi connectivity index (χ0n) is 16.7. The number of hydrogen-bond donors (Lipinski definition) is 4. The second-order valence-corrected chi connectivity index (χ2v) is 6.78. The molecule has 0 spiro atoms. The van der Waals surface area contributed by atoms with Gasteiger partial charge >= 0.3 is 0 Å². The summed E-state index contributed by atoms with van der Waals surface area (Å²) < 4.78 is 25.1. The van der Waals surface area contributed by atoms with Crippen LogP contribution in [0.25, 0.3) is 0 Å². The fourth-order valence-electron chi connectivity index (χ4n) is 2.86. The molecule has 164 valence electrons. The molecule has 1 atom stereocenters. The van der Waals surface area contributed by atoms with Crippen LogP contribution in [0.15, 0.2) is 53.7 Å². The number of anilines is 1. The first-order valence-electron chi connectivity index (χ1n) is 9.48. The Balaban J connectivity index is 1.81. The number of benzene rings is 1. The summed E-state index contributed by atoms with van der Waals surface area (Å²) >= 11 is 0. The minimum absolute atomic E-state index is 0.0225. The first kappa shape index (κ1) is 22.4. The highest BCUT2D eigenvalue weighted by molar-refractivity contribution is 5.84. The number of nitrogens with two attached hydrogens (primary N) is 1. The van der Waals surface area contributed by atoms with Crippen LogP contribution < -0.4 is 16.6 Å². The number of aromatic hydroxyl groups is 1. The maximum atomic E-state index is 12.5. The third-order valence-electron chi connectivity index (χ3n) is 4.47. The van der Waals surface area contributed by atoms with Crippen molar-refractivity contribution in [3.05, 3.63) is 81.7 Å². The molecular formula is C22H19F2N5O3. The van der Waals surface area contributed by atoms with Gasteiger partial charge in [0, 0.05) is 17.3 Å². The van der Waals surface area contributed by atoms with E-state index in [9.17, 15) is 23.5 Å². The van der Waals surface area contributed by atoms with Crippen molar-refractivity contribution < 1.29 is 18.7 Å². The lowest BCUT2D eigenvalue weighted by molar-refractivity contribution is -0.123. The van der Waals surface area contributed by atoms with Crippen molar-refractivity contribution in [2.45, 2.75) is 18.8 Å². The molecule has 8 nitrogen and oxygen atoms in total. The number of pyridine rings is 1. The van der Waals surface area contributed by atoms with Gasteiger partial charge in [-0.1, -0.05) is 24.0 Å². The predicted molar refractivity (Wildman–Crippen MR) is 113 cm³/mol. The van der Waals surface area contributed by atoms with E-state index in [1.54, 1.807) is 42.6 Å². The highest BCUT2D eigenvalue weighted by atomic mass is 19.3. The molecule has 0 fully saturated rings. The topological polar surface area (TPSA) is 134 Å². The first-order chi connectivity index (χ1) is 15.3. The van der Waals surface area contributed by atoms with Crippen molar-refractivity contribution in [3.63, 3.8) is 0 Å². The number of amides is 1. The Bertz CT molecular complexity index is 1200. The molecule has 1 aromatic carbocycles. The normalized spacial score (nSPS) is 11.5. The molecule has 0 saturated heterocycles. The van der Waals surface area contributed by atoms with Crippen LogP contribution in [-0.2, 0) is 11.2 Å². The average molecular weight is 439 g/mol. The zero-order valence-corrected chi connectivity index (χ0v) is 16.7. The summed E-state index contributed by atoms with van der Waals surface area (Å²) in [6, 6.07) is 10.3. The van der Waals surface area contributed by atoms with E-state index in [1.165, 1.54) is 0 Å². The van der Waals surface area contributed by atoms with E-state index in [2.05, 4.69) is 32.1 Å². The van der Waals surface area contributed by atoms with Crippen LogP contribution in [0.3, 0.4) is 0 Å². The highest BCUT2D eigenvalue weighted by Gasteiger charge is 2.27. The van der Waals surface area contributed by atoms with Crippen molar-refractivity contribution in [1.82, 2.24) is 20.3 Å². The number of carbonyl (C=O) groups excluding carboxylic acids is 1. The van der Waals surface area contributed by atoms with E-state index in [-0.39, 0.29) is 12.1 Å². The predicted octanol–water partition coefficient (Wildman–Crippen LogP) is 1.56. The number of carbonyl (C=O) groups is 1. The van der Waals surface area contributed by atoms with E-state index in [0.717, 1.165) is 6.33 Å². The molecule has 0 aliphatic heterocycles. The summed E-state index contributed by atoms with van der Waals surface area (Å²) in [5, 5.41) is 12.2. The van der Waals surface area contributed by atoms with Crippen LogP contribution in [0.4, 0.5) is 14.6 Å². The second kappa shape index (κ2) is 10.2. The summed E-state index contributed by atoms with van der Waals surface area (Å²) in [4.78, 5) is 34.3. The van der Waals surface area contributed by atoms with Crippen LogP contribution >= 0.6 is 0 Å². The molecule has 0 bridgehead atoms. The number of halogens is 2. The minimum atomic E-state index is -2.74. The lowest BCUT2D eigenvalue weighted by Gasteiger charge is -2.17. The molecule has 2 heterocycles. The largest absolute Gasteiger partial charge is 0.502 e. The van der Waals surface area contributed by atoms with Crippen LogP contribution in [0.5, 0.6) is 5.75 Å². The number of hydrogen-bond acceptors (Lipinski definition) is 6. The SMILES string of the molecule is Nc1ccc(C#Cc2ccc(CC(C(=O)NCC(F)F)c3nc[nH]c(=O)c3O)cc2)cn1. The molecule has 3 aromatic rings. The molecule has 5 N–H and O–H groups in total. The lowest BCUT2D eigenvalue weighted by Crippen LogP contribution is -2.34. The molecule has 10 heteroatoms. The van der Waals surface area contributed by atoms with Crippen LogP contribution in [0, 0.1) is 11.8 Å². The fourth-order valence-corrected chi connectivity index (χ4v) is 2.86. The number of alkyl halides is 2. The fraction of sp³-hybridized carbons (Fsp3) is 0.182. The van der Waals surface area contributed by atoms with E-state index < -0.39 is 36.1 Å². The van der Waals surface area contributed by atoms with Gasteiger partial charge in [0.15, 0.2) is 0 Å². The summed E-state index contributed by atoms with van der Waals surface area (Å²) in [7, 11) is 0. The smallest absolute Gasteiger partial charge is 0.293 e. The van der Waals surface area contributed by atoms with E-state index >= 15 is 0 Å². The first-order valence-corrected chi connectivity index (χ1v) is 9.48. The molecule has 0 aliphatic rings. The Labute approximate surface area is 181 Å². The Morgan fingerprint density at radius 2 is 1.81 bits per heavy atom.